The van der Waals surface area contributed by atoms with Gasteiger partial charge in [-0.1, -0.05) is 84.4 Å². The molecule has 3 aromatic carbocycles. The maximum atomic E-state index is 13.2. The minimum absolute atomic E-state index is 0.0460. The lowest BCUT2D eigenvalue weighted by molar-refractivity contribution is 0.0970. The minimum atomic E-state index is -0.193. The number of aryl methyl sites for hydroxylation is 1. The Balaban J connectivity index is 1.44. The van der Waals surface area contributed by atoms with Gasteiger partial charge in [0.05, 0.1) is 18.3 Å². The van der Waals surface area contributed by atoms with Gasteiger partial charge in [-0.3, -0.25) is 14.2 Å². The molecule has 0 bridgehead atoms. The molecule has 0 aliphatic carbocycles. The van der Waals surface area contributed by atoms with Crippen LogP contribution in [-0.2, 0) is 6.54 Å². The monoisotopic (exact) mass is 436 g/mol. The molecular weight excluding hydrogens is 416 g/mol. The van der Waals surface area contributed by atoms with Gasteiger partial charge in [0.2, 0.25) is 0 Å². The molecule has 2 heterocycles. The predicted molar refractivity (Wildman–Crippen MR) is 130 cm³/mol. The van der Waals surface area contributed by atoms with E-state index in [4.69, 9.17) is 0 Å². The Morgan fingerprint density at radius 3 is 2.25 bits per heavy atom. The highest BCUT2D eigenvalue weighted by molar-refractivity contribution is 7.17. The lowest BCUT2D eigenvalue weighted by Crippen LogP contribution is -2.24. The Morgan fingerprint density at radius 1 is 0.875 bits per heavy atom. The first-order valence-electron chi connectivity index (χ1n) is 10.3. The second kappa shape index (κ2) is 8.36. The van der Waals surface area contributed by atoms with Gasteiger partial charge in [0.1, 0.15) is 4.83 Å². The van der Waals surface area contributed by atoms with E-state index in [1.807, 2.05) is 91.2 Å². The predicted octanol–water partition coefficient (Wildman–Crippen LogP) is 5.98. The second-order valence-electron chi connectivity index (χ2n) is 7.74. The van der Waals surface area contributed by atoms with E-state index in [1.165, 1.54) is 22.2 Å². The van der Waals surface area contributed by atoms with Gasteiger partial charge >= 0.3 is 0 Å². The van der Waals surface area contributed by atoms with E-state index in [2.05, 4.69) is 4.98 Å². The lowest BCUT2D eigenvalue weighted by Gasteiger charge is -2.07. The summed E-state index contributed by atoms with van der Waals surface area (Å²) in [6.07, 6.45) is 1.47. The molecule has 156 valence electrons. The largest absolute Gasteiger partial charge is 0.292 e. The van der Waals surface area contributed by atoms with Crippen molar-refractivity contribution >= 4 is 27.3 Å². The van der Waals surface area contributed by atoms with E-state index in [0.29, 0.717) is 15.8 Å². The van der Waals surface area contributed by atoms with Crippen LogP contribution < -0.4 is 5.56 Å². The van der Waals surface area contributed by atoms with Crippen molar-refractivity contribution < 1.29 is 4.79 Å². The van der Waals surface area contributed by atoms with Crippen molar-refractivity contribution in [3.8, 4) is 22.3 Å². The summed E-state index contributed by atoms with van der Waals surface area (Å²) in [6.45, 7) is 1.98. The smallest absolute Gasteiger partial charge is 0.263 e. The molecule has 0 unspecified atom stereocenters. The van der Waals surface area contributed by atoms with Gasteiger partial charge in [-0.15, -0.1) is 11.3 Å². The van der Waals surface area contributed by atoms with Crippen LogP contribution in [0.5, 0.6) is 0 Å². The second-order valence-corrected chi connectivity index (χ2v) is 8.60. The van der Waals surface area contributed by atoms with Crippen LogP contribution in [-0.4, -0.2) is 15.3 Å². The lowest BCUT2D eigenvalue weighted by atomic mass is 10.0. The topological polar surface area (TPSA) is 52.0 Å². The van der Waals surface area contributed by atoms with E-state index >= 15 is 0 Å². The molecule has 5 aromatic rings. The van der Waals surface area contributed by atoms with E-state index in [1.54, 1.807) is 0 Å². The number of hydrogen-bond donors (Lipinski definition) is 0. The molecule has 4 nitrogen and oxygen atoms in total. The van der Waals surface area contributed by atoms with Crippen molar-refractivity contribution in [1.29, 1.82) is 0 Å². The number of Topliss-reactive ketones (excluding diaryl/α,β-unsaturated/α-hetero) is 1. The number of nitrogens with zero attached hydrogens (tertiary/aromatic N) is 2. The molecule has 0 radical (unpaired) electrons. The van der Waals surface area contributed by atoms with E-state index < -0.39 is 0 Å². The van der Waals surface area contributed by atoms with Gasteiger partial charge in [-0.25, -0.2) is 4.98 Å². The minimum Gasteiger partial charge on any atom is -0.292 e. The first-order valence-corrected chi connectivity index (χ1v) is 11.2. The number of hydrogen-bond acceptors (Lipinski definition) is 4. The zero-order chi connectivity index (χ0) is 22.1. The van der Waals surface area contributed by atoms with Crippen LogP contribution in [0.4, 0.5) is 0 Å². The third-order valence-corrected chi connectivity index (χ3v) is 6.44. The van der Waals surface area contributed by atoms with Crippen LogP contribution in [0.15, 0.2) is 95.4 Å². The Kier molecular flexibility index (Phi) is 5.25. The Bertz CT molecular complexity index is 1460. The van der Waals surface area contributed by atoms with Crippen molar-refractivity contribution in [2.45, 2.75) is 13.5 Å². The molecule has 0 atom stereocenters. The number of thiophene rings is 1. The summed E-state index contributed by atoms with van der Waals surface area (Å²) < 4.78 is 1.40. The molecular formula is C27H20N2O2S. The molecule has 0 saturated carbocycles. The summed E-state index contributed by atoms with van der Waals surface area (Å²) in [4.78, 5) is 31.2. The molecule has 0 fully saturated rings. The van der Waals surface area contributed by atoms with Gasteiger partial charge in [-0.2, -0.15) is 0 Å². The van der Waals surface area contributed by atoms with Gasteiger partial charge in [-0.05, 0) is 23.6 Å². The molecule has 0 saturated heterocycles. The maximum absolute atomic E-state index is 13.2. The first kappa shape index (κ1) is 20.1. The molecule has 32 heavy (non-hydrogen) atoms. The number of ketones is 1. The molecule has 5 rings (SSSR count). The molecule has 0 aliphatic heterocycles. The highest BCUT2D eigenvalue weighted by atomic mass is 32.1. The van der Waals surface area contributed by atoms with Crippen LogP contribution >= 0.6 is 11.3 Å². The SMILES string of the molecule is Cc1ccc(-c2csc3ncn(CC(=O)c4ccc(-c5ccccc5)cc4)c(=O)c23)cc1. The quantitative estimate of drug-likeness (QED) is 0.318. The van der Waals surface area contributed by atoms with Crippen LogP contribution in [0.3, 0.4) is 0 Å². The fraction of sp³-hybridized carbons (Fsp3) is 0.0741. The van der Waals surface area contributed by atoms with Crippen LogP contribution in [0.1, 0.15) is 15.9 Å². The third-order valence-electron chi connectivity index (χ3n) is 5.55. The average Bonchev–Trinajstić information content (AvgIpc) is 3.27. The van der Waals surface area contributed by atoms with Crippen LogP contribution in [0.25, 0.3) is 32.5 Å². The summed E-state index contributed by atoms with van der Waals surface area (Å²) in [6, 6.07) is 25.6. The van der Waals surface area contributed by atoms with Crippen LogP contribution in [0, 0.1) is 6.92 Å². The fourth-order valence-corrected chi connectivity index (χ4v) is 4.66. The van der Waals surface area contributed by atoms with Gasteiger partial charge < -0.3 is 0 Å². The normalized spacial score (nSPS) is 11.0. The summed E-state index contributed by atoms with van der Waals surface area (Å²) >= 11 is 1.44. The number of rotatable bonds is 5. The standard InChI is InChI=1S/C27H20N2O2S/c1-18-7-9-21(10-8-18)23-16-32-26-25(23)27(31)29(17-28-26)15-24(30)22-13-11-20(12-14-22)19-5-3-2-4-6-19/h2-14,16-17H,15H2,1H3. The van der Waals surface area contributed by atoms with Crippen molar-refractivity contribution in [2.75, 3.05) is 0 Å². The van der Waals surface area contributed by atoms with E-state index in [0.717, 1.165) is 27.8 Å². The molecule has 0 N–H and O–H groups in total. The van der Waals surface area contributed by atoms with E-state index in [-0.39, 0.29) is 17.9 Å². The molecule has 5 heteroatoms. The molecule has 0 aliphatic rings. The molecule has 2 aromatic heterocycles. The molecule has 0 amide bonds. The van der Waals surface area contributed by atoms with E-state index in [9.17, 15) is 9.59 Å². The Labute approximate surface area is 189 Å². The highest BCUT2D eigenvalue weighted by Gasteiger charge is 2.15. The third kappa shape index (κ3) is 3.79. The zero-order valence-corrected chi connectivity index (χ0v) is 18.3. The number of carbonyl (C=O) groups excluding carboxylic acids is 1. The van der Waals surface area contributed by atoms with Crippen LogP contribution in [0.2, 0.25) is 0 Å². The summed E-state index contributed by atoms with van der Waals surface area (Å²) in [5.74, 6) is -0.125. The van der Waals surface area contributed by atoms with Crippen molar-refractivity contribution in [2.24, 2.45) is 0 Å². The molecule has 0 spiro atoms. The number of aromatic nitrogens is 2. The number of benzene rings is 3. The number of carbonyl (C=O) groups is 1. The summed E-state index contributed by atoms with van der Waals surface area (Å²) in [5.41, 5.74) is 5.51. The van der Waals surface area contributed by atoms with Gasteiger partial charge in [0.25, 0.3) is 5.56 Å². The maximum Gasteiger partial charge on any atom is 0.263 e. The van der Waals surface area contributed by atoms with Crippen molar-refractivity contribution in [1.82, 2.24) is 9.55 Å². The Hall–Kier alpha value is -3.83. The first-order chi connectivity index (χ1) is 15.6. The average molecular weight is 437 g/mol. The van der Waals surface area contributed by atoms with Crippen molar-refractivity contribution in [3.05, 3.63) is 112 Å². The Morgan fingerprint density at radius 2 is 1.53 bits per heavy atom. The fourth-order valence-electron chi connectivity index (χ4n) is 3.75. The zero-order valence-electron chi connectivity index (χ0n) is 17.5. The summed E-state index contributed by atoms with van der Waals surface area (Å²) in [7, 11) is 0. The van der Waals surface area contributed by atoms with Gasteiger partial charge in [0, 0.05) is 16.5 Å². The van der Waals surface area contributed by atoms with Gasteiger partial charge in [0.15, 0.2) is 5.78 Å². The number of fused-ring (bicyclic) bond motifs is 1. The highest BCUT2D eigenvalue weighted by Crippen LogP contribution is 2.30. The van der Waals surface area contributed by atoms with Crippen molar-refractivity contribution in [3.63, 3.8) is 0 Å². The summed E-state index contributed by atoms with van der Waals surface area (Å²) in [5, 5.41) is 2.52.